The van der Waals surface area contributed by atoms with Crippen LogP contribution in [0.1, 0.15) is 142 Å². The molecule has 10 heteroatoms. The van der Waals surface area contributed by atoms with Gasteiger partial charge in [-0.1, -0.05) is 131 Å². The van der Waals surface area contributed by atoms with E-state index in [1.165, 1.54) is 19.3 Å². The van der Waals surface area contributed by atoms with E-state index in [0.29, 0.717) is 25.0 Å². The maximum absolute atomic E-state index is 12.4. The number of epoxide rings is 1. The predicted molar refractivity (Wildman–Crippen MR) is 215 cm³/mol. The second kappa shape index (κ2) is 33.7. The normalized spacial score (nSPS) is 17.2. The molecule has 0 saturated carbocycles. The number of unbranched alkanes of at least 4 members (excludes halogenated alkanes) is 8. The number of phosphoric acid groups is 1. The smallest absolute Gasteiger partial charge is 0.462 e. The molecule has 2 N–H and O–H groups in total. The first-order chi connectivity index (χ1) is 25.7. The van der Waals surface area contributed by atoms with Gasteiger partial charge in [0.15, 0.2) is 6.10 Å². The quantitative estimate of drug-likeness (QED) is 0.0216. The number of carbonyl (C=O) groups excluding carboxylic acids is 2. The van der Waals surface area contributed by atoms with E-state index in [1.807, 2.05) is 12.2 Å². The fourth-order valence-corrected chi connectivity index (χ4v) is 5.59. The Hall–Kier alpha value is -2.81. The van der Waals surface area contributed by atoms with Gasteiger partial charge in [0.25, 0.3) is 0 Å². The number of hydrogen-bond donors (Lipinski definition) is 2. The molecule has 300 valence electrons. The zero-order chi connectivity index (χ0) is 38.7. The molecule has 1 aliphatic heterocycles. The predicted octanol–water partition coefficient (Wildman–Crippen LogP) is 11.1. The van der Waals surface area contributed by atoms with Crippen molar-refractivity contribution in [2.45, 2.75) is 161 Å². The van der Waals surface area contributed by atoms with E-state index in [-0.39, 0.29) is 19.4 Å². The summed E-state index contributed by atoms with van der Waals surface area (Å²) in [6.07, 6.45) is 47.8. The summed E-state index contributed by atoms with van der Waals surface area (Å²) in [5.41, 5.74) is 0. The lowest BCUT2D eigenvalue weighted by molar-refractivity contribution is -0.161. The summed E-state index contributed by atoms with van der Waals surface area (Å²) < 4.78 is 31.9. The molecule has 0 aliphatic carbocycles. The number of carbonyl (C=O) groups is 2. The Bertz CT molecular complexity index is 1190. The van der Waals surface area contributed by atoms with Crippen molar-refractivity contribution in [1.82, 2.24) is 0 Å². The lowest BCUT2D eigenvalue weighted by Crippen LogP contribution is -2.29. The molecular weight excluding hydrogens is 691 g/mol. The van der Waals surface area contributed by atoms with E-state index >= 15 is 0 Å². The van der Waals surface area contributed by atoms with E-state index in [2.05, 4.69) is 91.3 Å². The maximum atomic E-state index is 12.4. The lowest BCUT2D eigenvalue weighted by Gasteiger charge is -2.18. The summed E-state index contributed by atoms with van der Waals surface area (Å²) in [6.45, 7) is 3.44. The molecule has 1 fully saturated rings. The van der Waals surface area contributed by atoms with Crippen LogP contribution in [0, 0.1) is 0 Å². The third-order valence-corrected chi connectivity index (χ3v) is 8.80. The Morgan fingerprint density at radius 1 is 0.604 bits per heavy atom. The van der Waals surface area contributed by atoms with Gasteiger partial charge in [0.2, 0.25) is 0 Å². The molecule has 3 atom stereocenters. The standard InChI is InChI=1S/C43H69O9P/c1-3-5-7-8-9-10-11-12-13-14-19-22-25-28-32-36-43(45)51-39(38-50-53(46,47)48)37-49-42(44)35-31-27-24-21-18-16-15-17-20-23-26-30-34-41-40(52-41)33-29-6-4-2/h6,9-10,12-13,16-18,20,24,26-27,29-30,39-41H,3-5,7-8,11,14-15,19,21-23,25,28,31-38H2,1-2H3,(H2,46,47,48)/b10-9-,13-12-,18-16-,20-17-,27-24-,29-6-,30-26-/t39-,40?,41?/m1/s1. The number of rotatable bonds is 34. The minimum Gasteiger partial charge on any atom is -0.462 e. The zero-order valence-corrected chi connectivity index (χ0v) is 33.5. The highest BCUT2D eigenvalue weighted by atomic mass is 31.2. The Morgan fingerprint density at radius 2 is 1.11 bits per heavy atom. The Morgan fingerprint density at radius 3 is 1.70 bits per heavy atom. The van der Waals surface area contributed by atoms with Crippen LogP contribution in [0.2, 0.25) is 0 Å². The average Bonchev–Trinajstić information content (AvgIpc) is 3.88. The van der Waals surface area contributed by atoms with Crippen LogP contribution in [-0.4, -0.2) is 53.3 Å². The summed E-state index contributed by atoms with van der Waals surface area (Å²) in [4.78, 5) is 42.8. The molecule has 1 heterocycles. The van der Waals surface area contributed by atoms with Crippen LogP contribution < -0.4 is 0 Å². The first kappa shape index (κ1) is 48.2. The second-order valence-electron chi connectivity index (χ2n) is 13.3. The van der Waals surface area contributed by atoms with Gasteiger partial charge in [-0.05, 0) is 83.5 Å². The molecule has 1 aliphatic rings. The van der Waals surface area contributed by atoms with Gasteiger partial charge in [0.05, 0.1) is 18.8 Å². The van der Waals surface area contributed by atoms with E-state index in [9.17, 15) is 14.2 Å². The van der Waals surface area contributed by atoms with Crippen molar-refractivity contribution in [3.8, 4) is 0 Å². The molecule has 0 aromatic carbocycles. The lowest BCUT2D eigenvalue weighted by atomic mass is 10.1. The third kappa shape index (κ3) is 33.5. The number of allylic oxidation sites excluding steroid dienone is 12. The minimum absolute atomic E-state index is 0.131. The summed E-state index contributed by atoms with van der Waals surface area (Å²) in [5, 5.41) is 0. The van der Waals surface area contributed by atoms with Crippen LogP contribution in [0.4, 0.5) is 0 Å². The Labute approximate surface area is 320 Å². The van der Waals surface area contributed by atoms with Crippen molar-refractivity contribution in [2.24, 2.45) is 0 Å². The number of esters is 2. The molecule has 0 radical (unpaired) electrons. The molecular formula is C43H69O9P. The molecule has 0 bridgehead atoms. The van der Waals surface area contributed by atoms with Crippen molar-refractivity contribution < 1.29 is 42.7 Å². The third-order valence-electron chi connectivity index (χ3n) is 8.31. The van der Waals surface area contributed by atoms with Crippen molar-refractivity contribution in [3.05, 3.63) is 85.1 Å². The molecule has 0 amide bonds. The fraction of sp³-hybridized carbons (Fsp3) is 0.628. The molecule has 1 saturated heterocycles. The van der Waals surface area contributed by atoms with Crippen molar-refractivity contribution >= 4 is 19.8 Å². The van der Waals surface area contributed by atoms with Gasteiger partial charge in [-0.25, -0.2) is 4.57 Å². The molecule has 1 rings (SSSR count). The van der Waals surface area contributed by atoms with Gasteiger partial charge < -0.3 is 24.0 Å². The summed E-state index contributed by atoms with van der Waals surface area (Å²) in [7, 11) is -4.78. The van der Waals surface area contributed by atoms with Gasteiger partial charge in [0.1, 0.15) is 6.61 Å². The van der Waals surface area contributed by atoms with Crippen LogP contribution in [0.3, 0.4) is 0 Å². The van der Waals surface area contributed by atoms with E-state index in [4.69, 9.17) is 24.0 Å². The minimum atomic E-state index is -4.78. The summed E-state index contributed by atoms with van der Waals surface area (Å²) >= 11 is 0. The highest BCUT2D eigenvalue weighted by Crippen LogP contribution is 2.36. The number of hydrogen-bond acceptors (Lipinski definition) is 7. The van der Waals surface area contributed by atoms with Crippen LogP contribution in [0.25, 0.3) is 0 Å². The molecule has 0 aromatic heterocycles. The highest BCUT2D eigenvalue weighted by molar-refractivity contribution is 7.46. The first-order valence-electron chi connectivity index (χ1n) is 20.0. The molecule has 0 spiro atoms. The fourth-order valence-electron chi connectivity index (χ4n) is 5.23. The van der Waals surface area contributed by atoms with E-state index < -0.39 is 32.5 Å². The highest BCUT2D eigenvalue weighted by Gasteiger charge is 2.35. The second-order valence-corrected chi connectivity index (χ2v) is 14.5. The van der Waals surface area contributed by atoms with E-state index in [1.54, 1.807) is 0 Å². The van der Waals surface area contributed by atoms with Crippen molar-refractivity contribution in [2.75, 3.05) is 13.2 Å². The Kier molecular flexibility index (Phi) is 30.7. The maximum Gasteiger partial charge on any atom is 0.469 e. The van der Waals surface area contributed by atoms with Crippen LogP contribution in [-0.2, 0) is 32.9 Å². The SMILES string of the molecule is CC/C=C\CC1OC1C/C=C\C/C=C\C/C=C\C/C=C\CCC(=O)OC[C@H](COP(=O)(O)O)OC(=O)CCCCCCC/C=C\C/C=C\CCCCC. The van der Waals surface area contributed by atoms with Crippen molar-refractivity contribution in [1.29, 1.82) is 0 Å². The topological polar surface area (TPSA) is 132 Å². The number of phosphoric ester groups is 1. The van der Waals surface area contributed by atoms with Crippen LogP contribution in [0.5, 0.6) is 0 Å². The summed E-state index contributed by atoms with van der Waals surface area (Å²) in [5.74, 6) is -1.01. The average molecular weight is 761 g/mol. The van der Waals surface area contributed by atoms with Crippen molar-refractivity contribution in [3.63, 3.8) is 0 Å². The number of ether oxygens (including phenoxy) is 3. The van der Waals surface area contributed by atoms with Gasteiger partial charge >= 0.3 is 19.8 Å². The first-order valence-corrected chi connectivity index (χ1v) is 21.5. The molecule has 9 nitrogen and oxygen atoms in total. The summed E-state index contributed by atoms with van der Waals surface area (Å²) in [6, 6.07) is 0. The van der Waals surface area contributed by atoms with E-state index in [0.717, 1.165) is 83.5 Å². The van der Waals surface area contributed by atoms with Gasteiger partial charge in [-0.15, -0.1) is 0 Å². The molecule has 2 unspecified atom stereocenters. The van der Waals surface area contributed by atoms with Gasteiger partial charge in [0, 0.05) is 12.8 Å². The molecule has 0 aromatic rings. The monoisotopic (exact) mass is 760 g/mol. The largest absolute Gasteiger partial charge is 0.469 e. The van der Waals surface area contributed by atoms with Crippen LogP contribution >= 0.6 is 7.82 Å². The zero-order valence-electron chi connectivity index (χ0n) is 32.6. The van der Waals surface area contributed by atoms with Gasteiger partial charge in [-0.2, -0.15) is 0 Å². The Balaban J connectivity index is 2.14. The molecule has 53 heavy (non-hydrogen) atoms. The van der Waals surface area contributed by atoms with Crippen LogP contribution in [0.15, 0.2) is 85.1 Å². The van der Waals surface area contributed by atoms with Gasteiger partial charge in [-0.3, -0.25) is 14.1 Å².